The summed E-state index contributed by atoms with van der Waals surface area (Å²) in [6.07, 6.45) is 3.92. The summed E-state index contributed by atoms with van der Waals surface area (Å²) < 4.78 is 4.55. The molecule has 0 aliphatic heterocycles. The smallest absolute Gasteiger partial charge is 0.234 e. The Morgan fingerprint density at radius 1 is 0.286 bits per heavy atom. The normalized spacial score (nSPS) is 11.6. The van der Waals surface area contributed by atoms with Gasteiger partial charge < -0.3 is 4.57 Å². The summed E-state index contributed by atoms with van der Waals surface area (Å²) in [7, 11) is 0. The van der Waals surface area contributed by atoms with Crippen LogP contribution in [0.15, 0.2) is 207 Å². The first-order valence-electron chi connectivity index (χ1n) is 19.0. The van der Waals surface area contributed by atoms with Crippen LogP contribution in [0.25, 0.3) is 99.8 Å². The molecule has 0 spiro atoms. The molecule has 262 valence electrons. The van der Waals surface area contributed by atoms with Gasteiger partial charge in [0.05, 0.1) is 22.1 Å². The number of aromatic nitrogens is 4. The maximum absolute atomic E-state index is 5.03. The van der Waals surface area contributed by atoms with E-state index < -0.39 is 0 Å². The van der Waals surface area contributed by atoms with Crippen LogP contribution in [0.2, 0.25) is 0 Å². The summed E-state index contributed by atoms with van der Waals surface area (Å²) in [4.78, 5) is 10.1. The van der Waals surface area contributed by atoms with Gasteiger partial charge in [-0.3, -0.25) is 4.57 Å². The van der Waals surface area contributed by atoms with Crippen LogP contribution in [-0.4, -0.2) is 19.1 Å². The molecule has 8 aromatic carbocycles. The first kappa shape index (κ1) is 31.9. The largest absolute Gasteiger partial charge is 0.309 e. The monoisotopic (exact) mass is 714 g/mol. The molecule has 0 saturated carbocycles. The molecule has 0 atom stereocenters. The van der Waals surface area contributed by atoms with Crippen LogP contribution in [0.3, 0.4) is 0 Å². The van der Waals surface area contributed by atoms with Gasteiger partial charge in [-0.2, -0.15) is 0 Å². The molecule has 0 fully saturated rings. The van der Waals surface area contributed by atoms with Crippen molar-refractivity contribution in [3.8, 4) is 56.1 Å². The van der Waals surface area contributed by atoms with E-state index in [0.717, 1.165) is 33.4 Å². The second-order valence-corrected chi connectivity index (χ2v) is 14.2. The molecule has 11 aromatic rings. The lowest BCUT2D eigenvalue weighted by Crippen LogP contribution is -2.01. The van der Waals surface area contributed by atoms with E-state index in [4.69, 9.17) is 9.97 Å². The summed E-state index contributed by atoms with van der Waals surface area (Å²) >= 11 is 0. The van der Waals surface area contributed by atoms with Gasteiger partial charge in [-0.05, 0) is 87.5 Å². The average Bonchev–Trinajstić information content (AvgIpc) is 3.79. The molecule has 0 aliphatic carbocycles. The van der Waals surface area contributed by atoms with Crippen molar-refractivity contribution in [2.45, 2.75) is 0 Å². The summed E-state index contributed by atoms with van der Waals surface area (Å²) in [6, 6.07) is 69.2. The van der Waals surface area contributed by atoms with E-state index in [-0.39, 0.29) is 0 Å². The molecule has 4 nitrogen and oxygen atoms in total. The highest BCUT2D eigenvalue weighted by molar-refractivity contribution is 6.12. The summed E-state index contributed by atoms with van der Waals surface area (Å²) in [5.41, 5.74) is 14.8. The van der Waals surface area contributed by atoms with Gasteiger partial charge in [-0.25, -0.2) is 9.97 Å². The molecule has 0 bridgehead atoms. The zero-order chi connectivity index (χ0) is 37.0. The molecule has 0 saturated heterocycles. The fraction of sp³-hybridized carbons (Fsp3) is 0. The summed E-state index contributed by atoms with van der Waals surface area (Å²) in [6.45, 7) is 0. The zero-order valence-corrected chi connectivity index (χ0v) is 30.4. The average molecular weight is 715 g/mol. The molecule has 0 radical (unpaired) electrons. The highest BCUT2D eigenvalue weighted by Crippen LogP contribution is 2.40. The van der Waals surface area contributed by atoms with Gasteiger partial charge in [-0.15, -0.1) is 0 Å². The van der Waals surface area contributed by atoms with E-state index in [1.807, 2.05) is 12.4 Å². The Balaban J connectivity index is 1.00. The highest BCUT2D eigenvalue weighted by atomic mass is 15.1. The van der Waals surface area contributed by atoms with Crippen molar-refractivity contribution >= 4 is 43.6 Å². The maximum atomic E-state index is 5.03. The lowest BCUT2D eigenvalue weighted by atomic mass is 9.90. The first-order valence-corrected chi connectivity index (χ1v) is 19.0. The topological polar surface area (TPSA) is 35.6 Å². The molecule has 0 unspecified atom stereocenters. The quantitative estimate of drug-likeness (QED) is 0.172. The molecule has 3 heterocycles. The van der Waals surface area contributed by atoms with Gasteiger partial charge in [0.1, 0.15) is 0 Å². The van der Waals surface area contributed by atoms with E-state index in [2.05, 4.69) is 203 Å². The van der Waals surface area contributed by atoms with Crippen LogP contribution in [0.1, 0.15) is 0 Å². The second kappa shape index (κ2) is 13.1. The van der Waals surface area contributed by atoms with Crippen LogP contribution < -0.4 is 0 Å². The maximum Gasteiger partial charge on any atom is 0.234 e. The Hall–Kier alpha value is -7.56. The van der Waals surface area contributed by atoms with Gasteiger partial charge in [-0.1, -0.05) is 146 Å². The third-order valence-corrected chi connectivity index (χ3v) is 11.1. The van der Waals surface area contributed by atoms with E-state index in [1.165, 1.54) is 60.4 Å². The minimum Gasteiger partial charge on any atom is -0.309 e. The Morgan fingerprint density at radius 3 is 1.30 bits per heavy atom. The number of para-hydroxylation sites is 3. The fourth-order valence-electron chi connectivity index (χ4n) is 8.51. The Morgan fingerprint density at radius 2 is 0.714 bits per heavy atom. The lowest BCUT2D eigenvalue weighted by molar-refractivity contribution is 0.990. The summed E-state index contributed by atoms with van der Waals surface area (Å²) in [5.74, 6) is 0.644. The minimum atomic E-state index is 0.644. The van der Waals surface area contributed by atoms with E-state index in [9.17, 15) is 0 Å². The lowest BCUT2D eigenvalue weighted by Gasteiger charge is -2.15. The number of fused-ring (bicyclic) bond motifs is 6. The number of rotatable bonds is 6. The summed E-state index contributed by atoms with van der Waals surface area (Å²) in [5, 5.41) is 4.82. The molecule has 0 amide bonds. The Kier molecular flexibility index (Phi) is 7.46. The van der Waals surface area contributed by atoms with Crippen LogP contribution in [0.5, 0.6) is 0 Å². The second-order valence-electron chi connectivity index (χ2n) is 14.2. The molecule has 0 N–H and O–H groups in total. The zero-order valence-electron chi connectivity index (χ0n) is 30.4. The third kappa shape index (κ3) is 5.15. The van der Waals surface area contributed by atoms with Crippen LogP contribution in [0.4, 0.5) is 0 Å². The minimum absolute atomic E-state index is 0.644. The van der Waals surface area contributed by atoms with Crippen molar-refractivity contribution < 1.29 is 0 Å². The number of benzene rings is 8. The van der Waals surface area contributed by atoms with Gasteiger partial charge >= 0.3 is 0 Å². The van der Waals surface area contributed by atoms with Gasteiger partial charge in [0.15, 0.2) is 0 Å². The van der Waals surface area contributed by atoms with Crippen molar-refractivity contribution in [3.63, 3.8) is 0 Å². The molecule has 4 heteroatoms. The standard InChI is InChI=1S/C52H34N4/c1-3-15-35(16-4-1)40-19-7-9-21-42(40)43-22-10-8-20-41(43)38-33-53-52(54-34-38)56-49-26-14-12-24-45(49)47-32-37(28-30-51(47)56)36-27-29-50-46(31-36)44-23-11-13-25-48(44)55(50)39-17-5-2-6-18-39/h1-34H. The van der Waals surface area contributed by atoms with Crippen molar-refractivity contribution in [2.75, 3.05) is 0 Å². The molecule has 0 aliphatic rings. The predicted octanol–water partition coefficient (Wildman–Crippen LogP) is 13.3. The van der Waals surface area contributed by atoms with Gasteiger partial charge in [0, 0.05) is 45.2 Å². The van der Waals surface area contributed by atoms with Crippen molar-refractivity contribution in [2.24, 2.45) is 0 Å². The van der Waals surface area contributed by atoms with E-state index in [0.29, 0.717) is 5.95 Å². The van der Waals surface area contributed by atoms with Crippen molar-refractivity contribution in [3.05, 3.63) is 207 Å². The number of hydrogen-bond acceptors (Lipinski definition) is 2. The van der Waals surface area contributed by atoms with Crippen LogP contribution in [-0.2, 0) is 0 Å². The van der Waals surface area contributed by atoms with Gasteiger partial charge in [0.2, 0.25) is 5.95 Å². The van der Waals surface area contributed by atoms with Crippen molar-refractivity contribution in [1.82, 2.24) is 19.1 Å². The highest BCUT2D eigenvalue weighted by Gasteiger charge is 2.18. The molecular weight excluding hydrogens is 681 g/mol. The number of hydrogen-bond donors (Lipinski definition) is 0. The molecular formula is C52H34N4. The first-order chi connectivity index (χ1) is 27.8. The fourth-order valence-corrected chi connectivity index (χ4v) is 8.51. The third-order valence-electron chi connectivity index (χ3n) is 11.1. The Bertz CT molecular complexity index is 3230. The Labute approximate surface area is 324 Å². The van der Waals surface area contributed by atoms with Crippen LogP contribution >= 0.6 is 0 Å². The molecule has 3 aromatic heterocycles. The van der Waals surface area contributed by atoms with E-state index in [1.54, 1.807) is 0 Å². The predicted molar refractivity (Wildman–Crippen MR) is 232 cm³/mol. The van der Waals surface area contributed by atoms with Crippen molar-refractivity contribution in [1.29, 1.82) is 0 Å². The van der Waals surface area contributed by atoms with E-state index >= 15 is 0 Å². The molecule has 11 rings (SSSR count). The SMILES string of the molecule is c1ccc(-c2ccccc2-c2ccccc2-c2cnc(-n3c4ccccc4c4cc(-c5ccc6c(c5)c5ccccc5n6-c5ccccc5)ccc43)nc2)cc1. The number of nitrogens with zero attached hydrogens (tertiary/aromatic N) is 4. The van der Waals surface area contributed by atoms with Crippen LogP contribution in [0, 0.1) is 0 Å². The molecule has 56 heavy (non-hydrogen) atoms. The van der Waals surface area contributed by atoms with Gasteiger partial charge in [0.25, 0.3) is 0 Å².